The second-order valence-corrected chi connectivity index (χ2v) is 2.90. The first kappa shape index (κ1) is 11.2. The third-order valence-corrected chi connectivity index (χ3v) is 1.88. The van der Waals surface area contributed by atoms with Crippen molar-refractivity contribution in [1.29, 1.82) is 0 Å². The third kappa shape index (κ3) is 2.30. The minimum absolute atomic E-state index is 0.0602. The van der Waals surface area contributed by atoms with Crippen molar-refractivity contribution in [1.82, 2.24) is 0 Å². The monoisotopic (exact) mass is 210 g/mol. The Balaban J connectivity index is 3.33. The van der Waals surface area contributed by atoms with E-state index in [1.54, 1.807) is 0 Å². The Labute approximate surface area is 85.1 Å². The summed E-state index contributed by atoms with van der Waals surface area (Å²) < 4.78 is 0. The van der Waals surface area contributed by atoms with E-state index >= 15 is 0 Å². The summed E-state index contributed by atoms with van der Waals surface area (Å²) >= 11 is 0. The average molecular weight is 210 g/mol. The van der Waals surface area contributed by atoms with Gasteiger partial charge in [-0.25, -0.2) is 0 Å². The van der Waals surface area contributed by atoms with Crippen molar-refractivity contribution < 1.29 is 19.8 Å². The van der Waals surface area contributed by atoms with Gasteiger partial charge >= 0.3 is 0 Å². The summed E-state index contributed by atoms with van der Waals surface area (Å²) in [7, 11) is 0. The molecule has 0 aliphatic heterocycles. The number of hydrogen-bond acceptors (Lipinski definition) is 4. The van der Waals surface area contributed by atoms with Gasteiger partial charge in [-0.2, -0.15) is 0 Å². The predicted molar refractivity (Wildman–Crippen MR) is 50.7 cm³/mol. The van der Waals surface area contributed by atoms with Crippen LogP contribution in [-0.4, -0.2) is 22.0 Å². The van der Waals surface area contributed by atoms with Crippen LogP contribution >= 0.6 is 0 Å². The van der Waals surface area contributed by atoms with Crippen LogP contribution in [0.2, 0.25) is 0 Å². The van der Waals surface area contributed by atoms with Crippen LogP contribution in [0, 0.1) is 0 Å². The number of aliphatic hydroxyl groups excluding tert-OH is 1. The molecule has 0 aromatic heterocycles. The Morgan fingerprint density at radius 3 is 2.13 bits per heavy atom. The van der Waals surface area contributed by atoms with Gasteiger partial charge < -0.3 is 21.7 Å². The van der Waals surface area contributed by atoms with Crippen LogP contribution in [-0.2, 0) is 0 Å². The first-order valence-electron chi connectivity index (χ1n) is 4.03. The molecule has 0 bridgehead atoms. The quantitative estimate of drug-likeness (QED) is 0.470. The molecule has 80 valence electrons. The highest BCUT2D eigenvalue weighted by Crippen LogP contribution is 2.17. The van der Waals surface area contributed by atoms with Crippen LogP contribution in [0.15, 0.2) is 18.2 Å². The number of nitrogens with two attached hydrogens (primary N) is 2. The van der Waals surface area contributed by atoms with E-state index in [4.69, 9.17) is 21.7 Å². The molecule has 6 N–H and O–H groups in total. The first-order valence-corrected chi connectivity index (χ1v) is 4.03. The number of primary amides is 2. The fourth-order valence-corrected chi connectivity index (χ4v) is 1.15. The summed E-state index contributed by atoms with van der Waals surface area (Å²) in [6.45, 7) is 0. The van der Waals surface area contributed by atoms with Gasteiger partial charge in [0.15, 0.2) is 6.29 Å². The van der Waals surface area contributed by atoms with Crippen molar-refractivity contribution in [3.63, 3.8) is 0 Å². The number of carbonyl (C=O) groups excluding carboxylic acids is 2. The van der Waals surface area contributed by atoms with Gasteiger partial charge in [0.25, 0.3) is 0 Å². The van der Waals surface area contributed by atoms with E-state index in [1.165, 1.54) is 12.1 Å². The van der Waals surface area contributed by atoms with Gasteiger partial charge in [-0.1, -0.05) is 0 Å². The van der Waals surface area contributed by atoms with Gasteiger partial charge in [0.05, 0.1) is 0 Å². The van der Waals surface area contributed by atoms with Crippen LogP contribution in [0.5, 0.6) is 0 Å². The molecule has 2 amide bonds. The molecule has 0 unspecified atom stereocenters. The van der Waals surface area contributed by atoms with E-state index < -0.39 is 18.1 Å². The second kappa shape index (κ2) is 4.07. The lowest BCUT2D eigenvalue weighted by molar-refractivity contribution is -0.0429. The average Bonchev–Trinajstić information content (AvgIpc) is 2.16. The molecule has 0 heterocycles. The number of amides is 2. The molecule has 1 aromatic carbocycles. The Bertz CT molecular complexity index is 415. The third-order valence-electron chi connectivity index (χ3n) is 1.88. The Hall–Kier alpha value is -1.92. The standard InChI is InChI=1S/C9H10N2O4/c10-7(12)4-1-2-5(8(11)13)6(3-4)9(14)15/h1-3,9,14-15H,(H2,10,12)(H2,11,13). The highest BCUT2D eigenvalue weighted by Gasteiger charge is 2.15. The zero-order valence-corrected chi connectivity index (χ0v) is 7.68. The van der Waals surface area contributed by atoms with Crippen LogP contribution in [0.25, 0.3) is 0 Å². The number of benzene rings is 1. The van der Waals surface area contributed by atoms with E-state index in [2.05, 4.69) is 0 Å². The molecule has 0 radical (unpaired) electrons. The lowest BCUT2D eigenvalue weighted by Gasteiger charge is -2.09. The highest BCUT2D eigenvalue weighted by atomic mass is 16.5. The number of hydrogen-bond donors (Lipinski definition) is 4. The largest absolute Gasteiger partial charge is 0.366 e. The van der Waals surface area contributed by atoms with Gasteiger partial charge in [0.2, 0.25) is 11.8 Å². The Kier molecular flexibility index (Phi) is 3.03. The summed E-state index contributed by atoms with van der Waals surface area (Å²) in [4.78, 5) is 21.7. The minimum Gasteiger partial charge on any atom is -0.366 e. The molecular weight excluding hydrogens is 200 g/mol. The van der Waals surface area contributed by atoms with Crippen molar-refractivity contribution >= 4 is 11.8 Å². The summed E-state index contributed by atoms with van der Waals surface area (Å²) in [5.41, 5.74) is 9.86. The fraction of sp³-hybridized carbons (Fsp3) is 0.111. The van der Waals surface area contributed by atoms with E-state index in [1.807, 2.05) is 0 Å². The van der Waals surface area contributed by atoms with Gasteiger partial charge in [0.1, 0.15) is 0 Å². The molecule has 6 nitrogen and oxygen atoms in total. The normalized spacial score (nSPS) is 10.3. The topological polar surface area (TPSA) is 127 Å². The van der Waals surface area contributed by atoms with Gasteiger partial charge in [0, 0.05) is 16.7 Å². The van der Waals surface area contributed by atoms with Crippen LogP contribution in [0.1, 0.15) is 32.6 Å². The summed E-state index contributed by atoms with van der Waals surface area (Å²) in [6, 6.07) is 3.62. The molecule has 15 heavy (non-hydrogen) atoms. The minimum atomic E-state index is -1.88. The van der Waals surface area contributed by atoms with E-state index in [9.17, 15) is 9.59 Å². The maximum atomic E-state index is 10.9. The molecule has 0 fully saturated rings. The van der Waals surface area contributed by atoms with E-state index in [0.29, 0.717) is 0 Å². The Morgan fingerprint density at radius 2 is 1.73 bits per heavy atom. The van der Waals surface area contributed by atoms with Crippen molar-refractivity contribution in [2.45, 2.75) is 6.29 Å². The van der Waals surface area contributed by atoms with Crippen molar-refractivity contribution in [3.8, 4) is 0 Å². The van der Waals surface area contributed by atoms with Crippen molar-refractivity contribution in [3.05, 3.63) is 34.9 Å². The van der Waals surface area contributed by atoms with E-state index in [-0.39, 0.29) is 16.7 Å². The van der Waals surface area contributed by atoms with Gasteiger partial charge in [-0.3, -0.25) is 9.59 Å². The molecule has 1 rings (SSSR count). The van der Waals surface area contributed by atoms with Gasteiger partial charge in [-0.05, 0) is 18.2 Å². The molecular formula is C9H10N2O4. The first-order chi connectivity index (χ1) is 6.93. The fourth-order valence-electron chi connectivity index (χ4n) is 1.15. The molecule has 0 aliphatic rings. The van der Waals surface area contributed by atoms with Crippen LogP contribution in [0.4, 0.5) is 0 Å². The molecule has 0 saturated heterocycles. The number of carbonyl (C=O) groups is 2. The zero-order chi connectivity index (χ0) is 11.6. The lowest BCUT2D eigenvalue weighted by atomic mass is 10.0. The molecule has 6 heteroatoms. The lowest BCUT2D eigenvalue weighted by Crippen LogP contribution is -2.18. The molecule has 0 saturated carbocycles. The zero-order valence-electron chi connectivity index (χ0n) is 7.68. The smallest absolute Gasteiger partial charge is 0.249 e. The Morgan fingerprint density at radius 1 is 1.13 bits per heavy atom. The molecule has 0 aliphatic carbocycles. The maximum Gasteiger partial charge on any atom is 0.249 e. The molecule has 0 spiro atoms. The molecule has 1 aromatic rings. The summed E-state index contributed by atoms with van der Waals surface area (Å²) in [5.74, 6) is -1.54. The van der Waals surface area contributed by atoms with Crippen molar-refractivity contribution in [2.24, 2.45) is 11.5 Å². The summed E-state index contributed by atoms with van der Waals surface area (Å²) in [6.07, 6.45) is -1.88. The van der Waals surface area contributed by atoms with E-state index in [0.717, 1.165) is 6.07 Å². The SMILES string of the molecule is NC(=O)c1ccc(C(N)=O)c(C(O)O)c1. The van der Waals surface area contributed by atoms with Crippen molar-refractivity contribution in [2.75, 3.05) is 0 Å². The highest BCUT2D eigenvalue weighted by molar-refractivity contribution is 5.97. The summed E-state index contributed by atoms with van der Waals surface area (Å²) in [5, 5.41) is 17.9. The predicted octanol–water partition coefficient (Wildman–Crippen LogP) is -1.13. The number of rotatable bonds is 3. The van der Waals surface area contributed by atoms with Crippen LogP contribution < -0.4 is 11.5 Å². The second-order valence-electron chi connectivity index (χ2n) is 2.90. The maximum absolute atomic E-state index is 10.9. The number of aliphatic hydroxyl groups is 2. The van der Waals surface area contributed by atoms with Crippen LogP contribution in [0.3, 0.4) is 0 Å². The van der Waals surface area contributed by atoms with Gasteiger partial charge in [-0.15, -0.1) is 0 Å². The molecule has 0 atom stereocenters.